The number of benzene rings is 1. The van der Waals surface area contributed by atoms with Gasteiger partial charge in [-0.05, 0) is 36.8 Å². The molecule has 1 saturated heterocycles. The molecule has 3 heteroatoms. The van der Waals surface area contributed by atoms with Gasteiger partial charge >= 0.3 is 5.90 Å². The van der Waals surface area contributed by atoms with Gasteiger partial charge in [-0.3, -0.25) is 0 Å². The van der Waals surface area contributed by atoms with Crippen molar-refractivity contribution in [2.45, 2.75) is 57.4 Å². The molecule has 2 aromatic rings. The van der Waals surface area contributed by atoms with Gasteiger partial charge in [0.05, 0.1) is 6.42 Å². The quantitative estimate of drug-likeness (QED) is 0.639. The summed E-state index contributed by atoms with van der Waals surface area (Å²) in [6, 6.07) is 11.2. The van der Waals surface area contributed by atoms with Gasteiger partial charge in [0.1, 0.15) is 6.54 Å². The van der Waals surface area contributed by atoms with Crippen molar-refractivity contribution in [3.8, 4) is 0 Å². The number of para-hydroxylation sites is 1. The molecule has 4 rings (SSSR count). The Kier molecular flexibility index (Phi) is 4.11. The maximum atomic E-state index is 10.7. The van der Waals surface area contributed by atoms with Crippen LogP contribution in [-0.4, -0.2) is 33.2 Å². The van der Waals surface area contributed by atoms with Gasteiger partial charge in [0.25, 0.3) is 0 Å². The normalized spacial score (nSPS) is 27.0. The van der Waals surface area contributed by atoms with Crippen LogP contribution >= 0.6 is 0 Å². The maximum Gasteiger partial charge on any atom is 0.334 e. The number of rotatable bonds is 3. The molecular formula is C20H27N2O+. The molecule has 2 heterocycles. The molecule has 2 N–H and O–H groups in total. The van der Waals surface area contributed by atoms with Gasteiger partial charge in [0.15, 0.2) is 6.04 Å². The first-order valence-electron chi connectivity index (χ1n) is 9.19. The Morgan fingerprint density at radius 2 is 1.96 bits per heavy atom. The van der Waals surface area contributed by atoms with Crippen molar-refractivity contribution in [2.24, 2.45) is 5.92 Å². The third-order valence-corrected chi connectivity index (χ3v) is 5.78. The number of H-pyrrole nitrogens is 1. The third kappa shape index (κ3) is 3.01. The van der Waals surface area contributed by atoms with E-state index in [1.807, 2.05) is 0 Å². The van der Waals surface area contributed by atoms with E-state index in [4.69, 9.17) is 0 Å². The van der Waals surface area contributed by atoms with Crippen LogP contribution in [0.1, 0.15) is 50.6 Å². The summed E-state index contributed by atoms with van der Waals surface area (Å²) >= 11 is 0. The highest BCUT2D eigenvalue weighted by molar-refractivity contribution is 5.80. The molecule has 1 aromatic heterocycles. The molecule has 1 aliphatic heterocycles. The molecule has 2 unspecified atom stereocenters. The first-order chi connectivity index (χ1) is 11.3. The fourth-order valence-corrected chi connectivity index (χ4v) is 4.60. The monoisotopic (exact) mass is 311 g/mol. The lowest BCUT2D eigenvalue weighted by molar-refractivity contribution is -0.596. The van der Waals surface area contributed by atoms with Crippen LogP contribution in [-0.2, 0) is 6.42 Å². The second kappa shape index (κ2) is 6.38. The van der Waals surface area contributed by atoms with Gasteiger partial charge in [-0.15, -0.1) is 0 Å². The molecule has 0 amide bonds. The summed E-state index contributed by atoms with van der Waals surface area (Å²) in [5.74, 6) is 1.42. The Morgan fingerprint density at radius 1 is 1.13 bits per heavy atom. The number of nitrogens with zero attached hydrogens (tertiary/aromatic N) is 1. The third-order valence-electron chi connectivity index (χ3n) is 5.78. The van der Waals surface area contributed by atoms with Crippen LogP contribution in [0.15, 0.2) is 30.3 Å². The molecular weight excluding hydrogens is 284 g/mol. The number of aliphatic hydroxyl groups excluding tert-OH is 1. The highest BCUT2D eigenvalue weighted by Gasteiger charge is 2.38. The van der Waals surface area contributed by atoms with Crippen LogP contribution in [0.5, 0.6) is 0 Å². The molecule has 1 saturated carbocycles. The van der Waals surface area contributed by atoms with E-state index in [1.165, 1.54) is 55.1 Å². The summed E-state index contributed by atoms with van der Waals surface area (Å²) in [5, 5.41) is 11.9. The summed E-state index contributed by atoms with van der Waals surface area (Å²) in [4.78, 5) is 3.47. The number of aromatic nitrogens is 1. The standard InChI is InChI=1S/C20H26N2O/c23-20(22-13-5-8-15-6-2-4-10-19(15)22)12-11-17-14-16-7-1-3-9-18(16)21-17/h1,3,7,9,14-15,19,21H,2,4-6,8,10-13H2/p+1. The average Bonchev–Trinajstić information content (AvgIpc) is 3.02. The molecule has 122 valence electrons. The number of nitrogens with one attached hydrogen (secondary N) is 1. The second-order valence-corrected chi connectivity index (χ2v) is 7.25. The number of aryl methyl sites for hydroxylation is 1. The van der Waals surface area contributed by atoms with Crippen LogP contribution in [0.2, 0.25) is 0 Å². The molecule has 1 aromatic carbocycles. The summed E-state index contributed by atoms with van der Waals surface area (Å²) < 4.78 is 2.33. The van der Waals surface area contributed by atoms with Gasteiger partial charge in [-0.2, -0.15) is 4.58 Å². The molecule has 0 spiro atoms. The highest BCUT2D eigenvalue weighted by Crippen LogP contribution is 2.33. The Labute approximate surface area is 138 Å². The van der Waals surface area contributed by atoms with Crippen LogP contribution in [0.25, 0.3) is 10.9 Å². The summed E-state index contributed by atoms with van der Waals surface area (Å²) in [7, 11) is 0. The van der Waals surface area contributed by atoms with Crippen LogP contribution in [0.3, 0.4) is 0 Å². The van der Waals surface area contributed by atoms with E-state index in [1.54, 1.807) is 0 Å². The van der Waals surface area contributed by atoms with E-state index in [9.17, 15) is 5.11 Å². The average molecular weight is 311 g/mol. The molecule has 1 aliphatic carbocycles. The van der Waals surface area contributed by atoms with E-state index in [0.29, 0.717) is 11.9 Å². The van der Waals surface area contributed by atoms with Crippen LogP contribution in [0, 0.1) is 5.92 Å². The van der Waals surface area contributed by atoms with E-state index in [-0.39, 0.29) is 0 Å². The second-order valence-electron chi connectivity index (χ2n) is 7.25. The zero-order valence-electron chi connectivity index (χ0n) is 13.8. The Bertz CT molecular complexity index is 680. The fourth-order valence-electron chi connectivity index (χ4n) is 4.60. The Morgan fingerprint density at radius 3 is 2.87 bits per heavy atom. The van der Waals surface area contributed by atoms with Crippen LogP contribution in [0.4, 0.5) is 0 Å². The van der Waals surface area contributed by atoms with E-state index >= 15 is 0 Å². The van der Waals surface area contributed by atoms with Crippen molar-refractivity contribution in [1.82, 2.24) is 4.98 Å². The number of hydrogen-bond acceptors (Lipinski definition) is 0. The zero-order valence-corrected chi connectivity index (χ0v) is 13.8. The van der Waals surface area contributed by atoms with Gasteiger partial charge in [0.2, 0.25) is 0 Å². The Hall–Kier alpha value is -1.77. The van der Waals surface area contributed by atoms with Gasteiger partial charge in [-0.25, -0.2) is 0 Å². The largest absolute Gasteiger partial charge is 0.463 e. The lowest BCUT2D eigenvalue weighted by atomic mass is 9.79. The van der Waals surface area contributed by atoms with Crippen molar-refractivity contribution in [3.05, 3.63) is 36.0 Å². The van der Waals surface area contributed by atoms with E-state index in [0.717, 1.165) is 25.3 Å². The lowest BCUT2D eigenvalue weighted by Crippen LogP contribution is -2.43. The summed E-state index contributed by atoms with van der Waals surface area (Å²) in [6.45, 7) is 1.04. The maximum absolute atomic E-state index is 10.7. The number of fused-ring (bicyclic) bond motifs is 2. The number of aliphatic hydroxyl groups is 1. The van der Waals surface area contributed by atoms with Crippen molar-refractivity contribution >= 4 is 16.8 Å². The van der Waals surface area contributed by atoms with E-state index < -0.39 is 0 Å². The number of piperidine rings is 1. The van der Waals surface area contributed by atoms with E-state index in [2.05, 4.69) is 39.9 Å². The first-order valence-corrected chi connectivity index (χ1v) is 9.19. The molecule has 2 aliphatic rings. The minimum Gasteiger partial charge on any atom is -0.463 e. The van der Waals surface area contributed by atoms with Gasteiger partial charge in [-0.1, -0.05) is 24.6 Å². The molecule has 0 radical (unpaired) electrons. The Balaban J connectivity index is 1.48. The summed E-state index contributed by atoms with van der Waals surface area (Å²) in [6.07, 6.45) is 9.55. The number of hydrogen-bond donors (Lipinski definition) is 2. The minimum atomic E-state index is 0.597. The molecule has 3 nitrogen and oxygen atoms in total. The van der Waals surface area contributed by atoms with Crippen LogP contribution < -0.4 is 0 Å². The number of aromatic amines is 1. The predicted molar refractivity (Wildman–Crippen MR) is 94.4 cm³/mol. The lowest BCUT2D eigenvalue weighted by Gasteiger charge is -2.33. The van der Waals surface area contributed by atoms with Crippen molar-refractivity contribution in [3.63, 3.8) is 0 Å². The first kappa shape index (κ1) is 14.8. The smallest absolute Gasteiger partial charge is 0.334 e. The van der Waals surface area contributed by atoms with Crippen molar-refractivity contribution in [1.29, 1.82) is 0 Å². The van der Waals surface area contributed by atoms with Gasteiger partial charge < -0.3 is 10.1 Å². The molecule has 23 heavy (non-hydrogen) atoms. The SMILES string of the molecule is OC(CCc1cc2ccccc2[nH]1)=[N+]1CCCC2CCCCC21. The van der Waals surface area contributed by atoms with Crippen molar-refractivity contribution in [2.75, 3.05) is 6.54 Å². The molecule has 2 atom stereocenters. The zero-order chi connectivity index (χ0) is 15.6. The molecule has 2 fully saturated rings. The van der Waals surface area contributed by atoms with Gasteiger partial charge in [0, 0.05) is 36.4 Å². The van der Waals surface area contributed by atoms with Crippen molar-refractivity contribution < 1.29 is 9.68 Å². The predicted octanol–water partition coefficient (Wildman–Crippen LogP) is 4.42. The topological polar surface area (TPSA) is 39.0 Å². The highest BCUT2D eigenvalue weighted by atomic mass is 16.3. The molecule has 0 bridgehead atoms. The fraction of sp³-hybridized carbons (Fsp3) is 0.550. The minimum absolute atomic E-state index is 0.597. The summed E-state index contributed by atoms with van der Waals surface area (Å²) in [5.41, 5.74) is 2.40.